The molecule has 8 heavy (non-hydrogen) atoms. The second kappa shape index (κ2) is 2.58. The fourth-order valence-electron chi connectivity index (χ4n) is 1.07. The molecule has 0 atom stereocenters. The molecule has 0 spiro atoms. The van der Waals surface area contributed by atoms with Crippen LogP contribution in [0.2, 0.25) is 0 Å². The maximum atomic E-state index is 4.76. The summed E-state index contributed by atoms with van der Waals surface area (Å²) in [6.45, 7) is 2.24. The second-order valence-corrected chi connectivity index (χ2v) is 2.69. The van der Waals surface area contributed by atoms with Crippen LogP contribution in [-0.4, -0.2) is 5.37 Å². The molecule has 1 aliphatic rings. The average molecular weight is 127 g/mol. The minimum absolute atomic E-state index is 0.962. The summed E-state index contributed by atoms with van der Waals surface area (Å²) in [5.74, 6) is 2.44. The highest BCUT2D eigenvalue weighted by molar-refractivity contribution is 7.79. The van der Waals surface area contributed by atoms with Crippen LogP contribution in [0.25, 0.3) is 0 Å². The van der Waals surface area contributed by atoms with Crippen molar-refractivity contribution in [1.29, 1.82) is 0 Å². The van der Waals surface area contributed by atoms with E-state index < -0.39 is 0 Å². The first-order valence-electron chi connectivity index (χ1n) is 3.16. The molecule has 1 radical (unpaired) electrons. The van der Waals surface area contributed by atoms with Gasteiger partial charge in [0.1, 0.15) is 0 Å². The topological polar surface area (TPSA) is 0 Å². The number of hydrogen-bond donors (Lipinski definition) is 0. The lowest BCUT2D eigenvalue weighted by atomic mass is 9.75. The van der Waals surface area contributed by atoms with Crippen LogP contribution in [0.15, 0.2) is 0 Å². The molecular formula is C7H11S. The molecule has 1 aliphatic carbocycles. The van der Waals surface area contributed by atoms with E-state index in [1.54, 1.807) is 0 Å². The van der Waals surface area contributed by atoms with Gasteiger partial charge in [0.05, 0.1) is 0 Å². The summed E-state index contributed by atoms with van der Waals surface area (Å²) in [5, 5.41) is 1.84. The lowest BCUT2D eigenvalue weighted by Crippen LogP contribution is -2.20. The van der Waals surface area contributed by atoms with E-state index in [0.717, 1.165) is 5.92 Å². The maximum absolute atomic E-state index is 4.76. The average Bonchev–Trinajstić information content (AvgIpc) is 1.65. The molecule has 0 N–H and O–H groups in total. The van der Waals surface area contributed by atoms with Crippen LogP contribution in [0.1, 0.15) is 26.2 Å². The smallest absolute Gasteiger partial charge is 0.00909 e. The van der Waals surface area contributed by atoms with Gasteiger partial charge in [-0.2, -0.15) is 0 Å². The van der Waals surface area contributed by atoms with Crippen molar-refractivity contribution >= 4 is 17.6 Å². The maximum Gasteiger partial charge on any atom is 0.00909 e. The zero-order chi connectivity index (χ0) is 5.98. The molecule has 0 saturated heterocycles. The minimum Gasteiger partial charge on any atom is -0.0928 e. The first-order chi connectivity index (χ1) is 3.86. The Morgan fingerprint density at radius 1 is 1.75 bits per heavy atom. The van der Waals surface area contributed by atoms with Gasteiger partial charge in [0, 0.05) is 5.92 Å². The van der Waals surface area contributed by atoms with Gasteiger partial charge in [-0.05, 0) is 24.1 Å². The lowest BCUT2D eigenvalue weighted by Gasteiger charge is -2.30. The fraction of sp³-hybridized carbons (Fsp3) is 0.714. The van der Waals surface area contributed by atoms with Gasteiger partial charge in [0.2, 0.25) is 0 Å². The van der Waals surface area contributed by atoms with Crippen LogP contribution in [0, 0.1) is 11.8 Å². The predicted octanol–water partition coefficient (Wildman–Crippen LogP) is 2.38. The summed E-state index contributed by atoms with van der Waals surface area (Å²) < 4.78 is 0. The van der Waals surface area contributed by atoms with Crippen LogP contribution in [0.3, 0.4) is 0 Å². The van der Waals surface area contributed by atoms with Gasteiger partial charge in [-0.15, -0.1) is 0 Å². The summed E-state index contributed by atoms with van der Waals surface area (Å²) in [4.78, 5) is 0. The Morgan fingerprint density at radius 2 is 2.38 bits per heavy atom. The summed E-state index contributed by atoms with van der Waals surface area (Å²) >= 11 is 4.76. The number of thiocarbonyl (C=S) groups is 1. The molecule has 0 nitrogen and oxygen atoms in total. The van der Waals surface area contributed by atoms with Crippen LogP contribution in [0.4, 0.5) is 0 Å². The first-order valence-corrected chi connectivity index (χ1v) is 3.63. The van der Waals surface area contributed by atoms with E-state index in [0.29, 0.717) is 0 Å². The quantitative estimate of drug-likeness (QED) is 0.513. The monoisotopic (exact) mass is 127 g/mol. The van der Waals surface area contributed by atoms with Gasteiger partial charge in [-0.1, -0.05) is 25.6 Å². The molecule has 0 aromatic heterocycles. The third kappa shape index (κ3) is 1.08. The summed E-state index contributed by atoms with van der Waals surface area (Å²) in [7, 11) is 0. The third-order valence-electron chi connectivity index (χ3n) is 1.85. The summed E-state index contributed by atoms with van der Waals surface area (Å²) in [6.07, 6.45) is 3.88. The Bertz CT molecular complexity index is 82.4. The molecule has 45 valence electrons. The normalized spacial score (nSPS) is 22.6. The largest absolute Gasteiger partial charge is 0.0928 e. The Morgan fingerprint density at radius 3 is 2.75 bits per heavy atom. The summed E-state index contributed by atoms with van der Waals surface area (Å²) in [5.41, 5.74) is 0. The molecular weight excluding hydrogens is 116 g/mol. The molecule has 1 heteroatoms. The number of hydrogen-bond acceptors (Lipinski definition) is 1. The van der Waals surface area contributed by atoms with E-state index in [-0.39, 0.29) is 0 Å². The molecule has 0 bridgehead atoms. The fourth-order valence-corrected chi connectivity index (χ4v) is 1.26. The van der Waals surface area contributed by atoms with Crippen molar-refractivity contribution in [2.24, 2.45) is 5.92 Å². The van der Waals surface area contributed by atoms with Crippen molar-refractivity contribution in [3.8, 4) is 0 Å². The van der Waals surface area contributed by atoms with E-state index in [1.165, 1.54) is 25.2 Å². The molecule has 1 fully saturated rings. The molecule has 0 heterocycles. The molecule has 0 amide bonds. The van der Waals surface area contributed by atoms with Crippen LogP contribution in [-0.2, 0) is 0 Å². The Hall–Kier alpha value is 0.0900. The van der Waals surface area contributed by atoms with Gasteiger partial charge < -0.3 is 0 Å². The first kappa shape index (κ1) is 6.21. The minimum atomic E-state index is 0.962. The summed E-state index contributed by atoms with van der Waals surface area (Å²) in [6, 6.07) is 0. The molecule has 0 aromatic carbocycles. The highest BCUT2D eigenvalue weighted by Crippen LogP contribution is 2.36. The Labute approximate surface area is 56.3 Å². The van der Waals surface area contributed by atoms with Crippen LogP contribution in [0.5, 0.6) is 0 Å². The van der Waals surface area contributed by atoms with Gasteiger partial charge in [0.25, 0.3) is 0 Å². The van der Waals surface area contributed by atoms with E-state index in [4.69, 9.17) is 12.2 Å². The molecule has 0 aromatic rings. The lowest BCUT2D eigenvalue weighted by molar-refractivity contribution is 0.376. The standard InChI is InChI=1S/C7H11S/c1-2-6-3-7(4-6)5-8/h5-6H,2-4H2,1H3. The Balaban J connectivity index is 2.11. The molecule has 1 rings (SSSR count). The van der Waals surface area contributed by atoms with E-state index in [1.807, 2.05) is 5.37 Å². The molecule has 0 unspecified atom stereocenters. The zero-order valence-electron chi connectivity index (χ0n) is 5.18. The highest BCUT2D eigenvalue weighted by atomic mass is 32.1. The second-order valence-electron chi connectivity index (χ2n) is 2.46. The van der Waals surface area contributed by atoms with Crippen molar-refractivity contribution in [2.45, 2.75) is 26.2 Å². The van der Waals surface area contributed by atoms with Gasteiger partial charge in [-0.3, -0.25) is 0 Å². The zero-order valence-corrected chi connectivity index (χ0v) is 6.00. The van der Waals surface area contributed by atoms with E-state index in [9.17, 15) is 0 Å². The predicted molar refractivity (Wildman–Crippen MR) is 39.9 cm³/mol. The number of rotatable bonds is 2. The van der Waals surface area contributed by atoms with Gasteiger partial charge in [0.15, 0.2) is 0 Å². The van der Waals surface area contributed by atoms with Gasteiger partial charge >= 0.3 is 0 Å². The van der Waals surface area contributed by atoms with Crippen molar-refractivity contribution < 1.29 is 0 Å². The van der Waals surface area contributed by atoms with Gasteiger partial charge in [-0.25, -0.2) is 0 Å². The highest BCUT2D eigenvalue weighted by Gasteiger charge is 2.25. The van der Waals surface area contributed by atoms with E-state index >= 15 is 0 Å². The Kier molecular flexibility index (Phi) is 2.01. The molecule has 0 aliphatic heterocycles. The van der Waals surface area contributed by atoms with Crippen molar-refractivity contribution in [3.63, 3.8) is 0 Å². The van der Waals surface area contributed by atoms with Crippen molar-refractivity contribution in [2.75, 3.05) is 0 Å². The SMILES string of the molecule is CCC1C[C](C=S)C1. The van der Waals surface area contributed by atoms with Crippen LogP contribution < -0.4 is 0 Å². The van der Waals surface area contributed by atoms with Crippen LogP contribution >= 0.6 is 12.2 Å². The van der Waals surface area contributed by atoms with Crippen molar-refractivity contribution in [3.05, 3.63) is 5.92 Å². The molecule has 1 saturated carbocycles. The van der Waals surface area contributed by atoms with E-state index in [2.05, 4.69) is 6.92 Å². The third-order valence-corrected chi connectivity index (χ3v) is 2.18. The van der Waals surface area contributed by atoms with Crippen molar-refractivity contribution in [1.82, 2.24) is 0 Å².